The first kappa shape index (κ1) is 17.2. The van der Waals surface area contributed by atoms with Crippen molar-refractivity contribution in [3.63, 3.8) is 0 Å². The maximum atomic E-state index is 12.1. The summed E-state index contributed by atoms with van der Waals surface area (Å²) in [5.41, 5.74) is -0.439. The molecule has 20 heavy (non-hydrogen) atoms. The first-order chi connectivity index (χ1) is 9.19. The molecule has 1 amide bonds. The summed E-state index contributed by atoms with van der Waals surface area (Å²) >= 11 is 0. The zero-order chi connectivity index (χ0) is 15.3. The molecule has 0 aromatic heterocycles. The van der Waals surface area contributed by atoms with Crippen LogP contribution in [0.1, 0.15) is 41.0 Å². The van der Waals surface area contributed by atoms with Gasteiger partial charge in [-0.25, -0.2) is 4.79 Å². The Morgan fingerprint density at radius 3 is 2.55 bits per heavy atom. The molecule has 0 aromatic carbocycles. The van der Waals surface area contributed by atoms with Gasteiger partial charge in [-0.15, -0.1) is 0 Å². The molecule has 1 atom stereocenters. The van der Waals surface area contributed by atoms with Crippen LogP contribution in [0, 0.1) is 0 Å². The molecule has 0 aliphatic carbocycles. The van der Waals surface area contributed by atoms with Crippen molar-refractivity contribution >= 4 is 6.09 Å². The highest BCUT2D eigenvalue weighted by Crippen LogP contribution is 2.12. The van der Waals surface area contributed by atoms with Crippen LogP contribution in [0.2, 0.25) is 0 Å². The fourth-order valence-electron chi connectivity index (χ4n) is 2.37. The van der Waals surface area contributed by atoms with Gasteiger partial charge in [-0.2, -0.15) is 0 Å². The van der Waals surface area contributed by atoms with Crippen LogP contribution in [-0.4, -0.2) is 66.8 Å². The predicted molar refractivity (Wildman–Crippen MR) is 82.0 cm³/mol. The van der Waals surface area contributed by atoms with E-state index >= 15 is 0 Å². The van der Waals surface area contributed by atoms with Gasteiger partial charge in [0.25, 0.3) is 0 Å². The van der Waals surface area contributed by atoms with E-state index in [1.165, 1.54) is 6.42 Å². The summed E-state index contributed by atoms with van der Waals surface area (Å²) in [6.45, 7) is 13.5. The summed E-state index contributed by atoms with van der Waals surface area (Å²) in [4.78, 5) is 16.3. The van der Waals surface area contributed by atoms with Crippen molar-refractivity contribution in [1.29, 1.82) is 0 Å². The molecule has 0 radical (unpaired) electrons. The van der Waals surface area contributed by atoms with Crippen LogP contribution in [0.25, 0.3) is 0 Å². The highest BCUT2D eigenvalue weighted by atomic mass is 16.6. The number of hydrogen-bond donors (Lipinski definition) is 1. The summed E-state index contributed by atoms with van der Waals surface area (Å²) in [6.07, 6.45) is 0.961. The van der Waals surface area contributed by atoms with Gasteiger partial charge >= 0.3 is 6.09 Å². The van der Waals surface area contributed by atoms with Gasteiger partial charge in [-0.3, -0.25) is 0 Å². The standard InChI is InChI=1S/C15H31N3O2/c1-12(2)18(14(19)20-15(3,4)5)10-8-16-13-7-9-17(6)11-13/h12-13,16H,7-11H2,1-6H3. The van der Waals surface area contributed by atoms with Crippen molar-refractivity contribution in [2.24, 2.45) is 0 Å². The Bertz CT molecular complexity index is 313. The Hall–Kier alpha value is -0.810. The van der Waals surface area contributed by atoms with Crippen molar-refractivity contribution in [3.05, 3.63) is 0 Å². The number of likely N-dealkylation sites (tertiary alicyclic amines) is 1. The highest BCUT2D eigenvalue weighted by molar-refractivity contribution is 5.68. The molecule has 1 fully saturated rings. The van der Waals surface area contributed by atoms with E-state index in [0.717, 1.165) is 19.6 Å². The third kappa shape index (κ3) is 6.09. The molecule has 1 rings (SSSR count). The maximum Gasteiger partial charge on any atom is 0.410 e. The topological polar surface area (TPSA) is 44.8 Å². The average Bonchev–Trinajstić information content (AvgIpc) is 2.67. The van der Waals surface area contributed by atoms with Gasteiger partial charge < -0.3 is 19.9 Å². The summed E-state index contributed by atoms with van der Waals surface area (Å²) in [6, 6.07) is 0.700. The Balaban J connectivity index is 2.37. The molecule has 1 aliphatic rings. The van der Waals surface area contributed by atoms with Crippen LogP contribution >= 0.6 is 0 Å². The van der Waals surface area contributed by atoms with Crippen LogP contribution < -0.4 is 5.32 Å². The molecule has 1 heterocycles. The van der Waals surface area contributed by atoms with E-state index < -0.39 is 5.60 Å². The van der Waals surface area contributed by atoms with Crippen molar-refractivity contribution < 1.29 is 9.53 Å². The molecule has 1 N–H and O–H groups in total. The Labute approximate surface area is 123 Å². The molecule has 0 spiro atoms. The number of nitrogens with one attached hydrogen (secondary N) is 1. The zero-order valence-corrected chi connectivity index (χ0v) is 13.9. The first-order valence-electron chi connectivity index (χ1n) is 7.60. The SMILES string of the molecule is CC(C)N(CCNC1CCN(C)C1)C(=O)OC(C)(C)C. The lowest BCUT2D eigenvalue weighted by Crippen LogP contribution is -2.45. The van der Waals surface area contributed by atoms with E-state index in [1.807, 2.05) is 34.6 Å². The minimum atomic E-state index is -0.439. The fraction of sp³-hybridized carbons (Fsp3) is 0.933. The second-order valence-electron chi connectivity index (χ2n) is 6.97. The number of carbonyl (C=O) groups is 1. The molecule has 118 valence electrons. The Morgan fingerprint density at radius 2 is 2.10 bits per heavy atom. The van der Waals surface area contributed by atoms with E-state index in [1.54, 1.807) is 4.90 Å². The van der Waals surface area contributed by atoms with Crippen molar-refractivity contribution in [2.75, 3.05) is 33.2 Å². The molecule has 0 aromatic rings. The van der Waals surface area contributed by atoms with Gasteiger partial charge in [-0.1, -0.05) is 0 Å². The third-order valence-corrected chi connectivity index (χ3v) is 3.43. The zero-order valence-electron chi connectivity index (χ0n) is 13.9. The predicted octanol–water partition coefficient (Wildman–Crippen LogP) is 1.93. The number of likely N-dealkylation sites (N-methyl/N-ethyl adjacent to an activating group) is 1. The van der Waals surface area contributed by atoms with E-state index in [2.05, 4.69) is 17.3 Å². The molecular formula is C15H31N3O2. The number of nitrogens with zero attached hydrogens (tertiary/aromatic N) is 2. The normalized spacial score (nSPS) is 20.4. The number of rotatable bonds is 5. The number of ether oxygens (including phenoxy) is 1. The molecule has 0 bridgehead atoms. The largest absolute Gasteiger partial charge is 0.444 e. The second kappa shape index (κ2) is 7.27. The first-order valence-corrected chi connectivity index (χ1v) is 7.60. The highest BCUT2D eigenvalue weighted by Gasteiger charge is 2.24. The van der Waals surface area contributed by atoms with Crippen LogP contribution in [-0.2, 0) is 4.74 Å². The van der Waals surface area contributed by atoms with Crippen LogP contribution in [0.5, 0.6) is 0 Å². The van der Waals surface area contributed by atoms with Gasteiger partial charge in [0, 0.05) is 31.7 Å². The molecule has 1 saturated heterocycles. The van der Waals surface area contributed by atoms with E-state index in [0.29, 0.717) is 12.6 Å². The molecular weight excluding hydrogens is 254 g/mol. The number of carbonyl (C=O) groups excluding carboxylic acids is 1. The minimum Gasteiger partial charge on any atom is -0.444 e. The number of amides is 1. The van der Waals surface area contributed by atoms with Crippen molar-refractivity contribution in [2.45, 2.75) is 58.7 Å². The monoisotopic (exact) mass is 285 g/mol. The number of hydrogen-bond acceptors (Lipinski definition) is 4. The lowest BCUT2D eigenvalue weighted by Gasteiger charge is -2.30. The fourth-order valence-corrected chi connectivity index (χ4v) is 2.37. The quantitative estimate of drug-likeness (QED) is 0.838. The maximum absolute atomic E-state index is 12.1. The lowest BCUT2D eigenvalue weighted by atomic mass is 10.2. The van der Waals surface area contributed by atoms with E-state index in [-0.39, 0.29) is 12.1 Å². The van der Waals surface area contributed by atoms with Gasteiger partial charge in [0.15, 0.2) is 0 Å². The van der Waals surface area contributed by atoms with Gasteiger partial charge in [0.05, 0.1) is 0 Å². The average molecular weight is 285 g/mol. The molecule has 5 nitrogen and oxygen atoms in total. The molecule has 5 heteroatoms. The minimum absolute atomic E-state index is 0.151. The van der Waals surface area contributed by atoms with Gasteiger partial charge in [-0.05, 0) is 54.6 Å². The summed E-state index contributed by atoms with van der Waals surface area (Å²) in [5, 5.41) is 3.52. The van der Waals surface area contributed by atoms with Crippen LogP contribution in [0.3, 0.4) is 0 Å². The second-order valence-corrected chi connectivity index (χ2v) is 6.97. The van der Waals surface area contributed by atoms with Gasteiger partial charge in [0.1, 0.15) is 5.60 Å². The summed E-state index contributed by atoms with van der Waals surface area (Å²) < 4.78 is 5.45. The van der Waals surface area contributed by atoms with Crippen molar-refractivity contribution in [3.8, 4) is 0 Å². The molecule has 0 saturated carbocycles. The Kier molecular flexibility index (Phi) is 6.27. The van der Waals surface area contributed by atoms with Crippen LogP contribution in [0.4, 0.5) is 4.79 Å². The van der Waals surface area contributed by atoms with E-state index in [9.17, 15) is 4.79 Å². The Morgan fingerprint density at radius 1 is 1.45 bits per heavy atom. The van der Waals surface area contributed by atoms with E-state index in [4.69, 9.17) is 4.74 Å². The smallest absolute Gasteiger partial charge is 0.410 e. The van der Waals surface area contributed by atoms with Gasteiger partial charge in [0.2, 0.25) is 0 Å². The summed E-state index contributed by atoms with van der Waals surface area (Å²) in [5.74, 6) is 0. The van der Waals surface area contributed by atoms with Crippen molar-refractivity contribution in [1.82, 2.24) is 15.1 Å². The molecule has 1 unspecified atom stereocenters. The van der Waals surface area contributed by atoms with Crippen LogP contribution in [0.15, 0.2) is 0 Å². The summed E-state index contributed by atoms with van der Waals surface area (Å²) in [7, 11) is 2.14. The lowest BCUT2D eigenvalue weighted by molar-refractivity contribution is 0.0192. The molecule has 1 aliphatic heterocycles. The third-order valence-electron chi connectivity index (χ3n) is 3.43.